The predicted molar refractivity (Wildman–Crippen MR) is 104 cm³/mol. The molecule has 0 aliphatic carbocycles. The molecule has 0 fully saturated rings. The quantitative estimate of drug-likeness (QED) is 0.698. The van der Waals surface area contributed by atoms with E-state index in [2.05, 4.69) is 10.0 Å². The van der Waals surface area contributed by atoms with Crippen LogP contribution in [0.15, 0.2) is 71.6 Å². The van der Waals surface area contributed by atoms with Gasteiger partial charge in [0, 0.05) is 10.7 Å². The maximum atomic E-state index is 12.6. The Morgan fingerprint density at radius 2 is 1.62 bits per heavy atom. The summed E-state index contributed by atoms with van der Waals surface area (Å²) in [5.74, 6) is -0.461. The minimum Gasteiger partial charge on any atom is -0.325 e. The summed E-state index contributed by atoms with van der Waals surface area (Å²) < 4.78 is 27.6. The molecule has 0 heterocycles. The molecular weight excluding hydrogens is 372 g/mol. The predicted octanol–water partition coefficient (Wildman–Crippen LogP) is 3.80. The largest absolute Gasteiger partial charge is 0.325 e. The lowest BCUT2D eigenvalue weighted by atomic mass is 10.1. The summed E-state index contributed by atoms with van der Waals surface area (Å²) >= 11 is 5.80. The Balaban J connectivity index is 1.74. The average Bonchev–Trinajstić information content (AvgIpc) is 2.62. The summed E-state index contributed by atoms with van der Waals surface area (Å²) in [6, 6.07) is 17.9. The van der Waals surface area contributed by atoms with Crippen molar-refractivity contribution >= 4 is 44.0 Å². The normalized spacial score (nSPS) is 12.7. The van der Waals surface area contributed by atoms with E-state index in [4.69, 9.17) is 11.6 Å². The van der Waals surface area contributed by atoms with Crippen molar-refractivity contribution in [1.29, 1.82) is 0 Å². The number of carbonyl (C=O) groups excluding carboxylic acids is 1. The van der Waals surface area contributed by atoms with E-state index in [0.29, 0.717) is 10.7 Å². The number of carbonyl (C=O) groups is 1. The topological polar surface area (TPSA) is 75.3 Å². The smallest absolute Gasteiger partial charge is 0.242 e. The van der Waals surface area contributed by atoms with E-state index in [0.717, 1.165) is 10.8 Å². The van der Waals surface area contributed by atoms with Crippen LogP contribution in [0.2, 0.25) is 5.02 Å². The number of fused-ring (bicyclic) bond motifs is 1. The Morgan fingerprint density at radius 1 is 0.962 bits per heavy atom. The van der Waals surface area contributed by atoms with Crippen molar-refractivity contribution < 1.29 is 13.2 Å². The Labute approximate surface area is 157 Å². The van der Waals surface area contributed by atoms with Gasteiger partial charge in [0.1, 0.15) is 0 Å². The molecule has 7 heteroatoms. The molecule has 134 valence electrons. The fourth-order valence-electron chi connectivity index (χ4n) is 2.47. The Hall–Kier alpha value is -2.41. The summed E-state index contributed by atoms with van der Waals surface area (Å²) in [4.78, 5) is 12.4. The molecular formula is C19H17ClN2O3S. The van der Waals surface area contributed by atoms with Crippen molar-refractivity contribution in [2.75, 3.05) is 5.32 Å². The summed E-state index contributed by atoms with van der Waals surface area (Å²) in [6.45, 7) is 1.49. The molecule has 0 saturated heterocycles. The van der Waals surface area contributed by atoms with Gasteiger partial charge in [-0.05, 0) is 54.1 Å². The van der Waals surface area contributed by atoms with Crippen molar-refractivity contribution in [3.05, 3.63) is 71.8 Å². The van der Waals surface area contributed by atoms with Gasteiger partial charge in [0.05, 0.1) is 10.9 Å². The first-order valence-corrected chi connectivity index (χ1v) is 9.79. The first-order valence-electron chi connectivity index (χ1n) is 7.93. The molecule has 0 aromatic heterocycles. The number of amides is 1. The molecule has 26 heavy (non-hydrogen) atoms. The zero-order valence-corrected chi connectivity index (χ0v) is 15.5. The Morgan fingerprint density at radius 3 is 2.31 bits per heavy atom. The van der Waals surface area contributed by atoms with Crippen molar-refractivity contribution in [3.8, 4) is 0 Å². The highest BCUT2D eigenvalue weighted by atomic mass is 35.5. The zero-order chi connectivity index (χ0) is 18.7. The van der Waals surface area contributed by atoms with Gasteiger partial charge >= 0.3 is 0 Å². The Bertz CT molecular complexity index is 1050. The van der Waals surface area contributed by atoms with Crippen LogP contribution in [-0.4, -0.2) is 20.4 Å². The van der Waals surface area contributed by atoms with E-state index in [1.54, 1.807) is 36.4 Å². The minimum absolute atomic E-state index is 0.113. The minimum atomic E-state index is -3.83. The Kier molecular flexibility index (Phi) is 5.27. The molecule has 0 aliphatic heterocycles. The third-order valence-corrected chi connectivity index (χ3v) is 5.66. The number of benzene rings is 3. The number of halogens is 1. The molecule has 0 spiro atoms. The van der Waals surface area contributed by atoms with Crippen molar-refractivity contribution in [2.24, 2.45) is 0 Å². The summed E-state index contributed by atoms with van der Waals surface area (Å²) in [5.41, 5.74) is 0.538. The lowest BCUT2D eigenvalue weighted by Gasteiger charge is -2.15. The maximum Gasteiger partial charge on any atom is 0.242 e. The standard InChI is InChI=1S/C19H17ClN2O3S/c1-13(19(23)21-17-9-7-16(20)8-10-17)22-26(24,25)18-11-6-14-4-2-3-5-15(14)12-18/h2-13,22H,1H3,(H,21,23)/t13-/m1/s1. The van der Waals surface area contributed by atoms with Crippen LogP contribution in [0.4, 0.5) is 5.69 Å². The van der Waals surface area contributed by atoms with Gasteiger partial charge in [-0.1, -0.05) is 41.9 Å². The van der Waals surface area contributed by atoms with Crippen LogP contribution in [-0.2, 0) is 14.8 Å². The van der Waals surface area contributed by atoms with Gasteiger partial charge in [0.25, 0.3) is 0 Å². The summed E-state index contributed by atoms with van der Waals surface area (Å²) in [7, 11) is -3.83. The summed E-state index contributed by atoms with van der Waals surface area (Å²) in [5, 5.41) is 4.96. The maximum absolute atomic E-state index is 12.6. The lowest BCUT2D eigenvalue weighted by Crippen LogP contribution is -2.41. The number of sulfonamides is 1. The van der Waals surface area contributed by atoms with Crippen LogP contribution >= 0.6 is 11.6 Å². The monoisotopic (exact) mass is 388 g/mol. The SMILES string of the molecule is C[C@@H](NS(=O)(=O)c1ccc2ccccc2c1)C(=O)Nc1ccc(Cl)cc1. The highest BCUT2D eigenvalue weighted by molar-refractivity contribution is 7.89. The molecule has 5 nitrogen and oxygen atoms in total. The van der Waals surface area contributed by atoms with E-state index in [1.165, 1.54) is 13.0 Å². The third kappa shape index (κ3) is 4.22. The molecule has 3 aromatic carbocycles. The fraction of sp³-hybridized carbons (Fsp3) is 0.105. The highest BCUT2D eigenvalue weighted by Gasteiger charge is 2.22. The fourth-order valence-corrected chi connectivity index (χ4v) is 3.84. The molecule has 1 amide bonds. The second-order valence-corrected chi connectivity index (χ2v) is 8.00. The van der Waals surface area contributed by atoms with Crippen LogP contribution in [0.1, 0.15) is 6.92 Å². The van der Waals surface area contributed by atoms with Crippen molar-refractivity contribution in [2.45, 2.75) is 17.9 Å². The van der Waals surface area contributed by atoms with E-state index in [-0.39, 0.29) is 4.90 Å². The van der Waals surface area contributed by atoms with Crippen LogP contribution in [0.25, 0.3) is 10.8 Å². The second-order valence-electron chi connectivity index (χ2n) is 5.85. The van der Waals surface area contributed by atoms with Gasteiger partial charge in [0.15, 0.2) is 0 Å². The average molecular weight is 389 g/mol. The van der Waals surface area contributed by atoms with Crippen LogP contribution in [0, 0.1) is 0 Å². The van der Waals surface area contributed by atoms with E-state index < -0.39 is 22.0 Å². The van der Waals surface area contributed by atoms with E-state index in [9.17, 15) is 13.2 Å². The highest BCUT2D eigenvalue weighted by Crippen LogP contribution is 2.19. The molecule has 2 N–H and O–H groups in total. The van der Waals surface area contributed by atoms with Crippen molar-refractivity contribution in [3.63, 3.8) is 0 Å². The second kappa shape index (κ2) is 7.45. The van der Waals surface area contributed by atoms with Crippen LogP contribution < -0.4 is 10.0 Å². The molecule has 0 radical (unpaired) electrons. The van der Waals surface area contributed by atoms with Crippen LogP contribution in [0.5, 0.6) is 0 Å². The number of anilines is 1. The molecule has 1 atom stereocenters. The van der Waals surface area contributed by atoms with Gasteiger partial charge in [-0.2, -0.15) is 4.72 Å². The summed E-state index contributed by atoms with van der Waals surface area (Å²) in [6.07, 6.45) is 0. The number of hydrogen-bond donors (Lipinski definition) is 2. The molecule has 0 unspecified atom stereocenters. The van der Waals surface area contributed by atoms with E-state index in [1.807, 2.05) is 24.3 Å². The lowest BCUT2D eigenvalue weighted by molar-refractivity contribution is -0.117. The molecule has 3 aromatic rings. The zero-order valence-electron chi connectivity index (χ0n) is 13.9. The van der Waals surface area contributed by atoms with E-state index >= 15 is 0 Å². The molecule has 0 bridgehead atoms. The van der Waals surface area contributed by atoms with Crippen molar-refractivity contribution in [1.82, 2.24) is 4.72 Å². The first kappa shape index (κ1) is 18.4. The first-order chi connectivity index (χ1) is 12.3. The van der Waals surface area contributed by atoms with Gasteiger partial charge in [0.2, 0.25) is 15.9 Å². The van der Waals surface area contributed by atoms with Gasteiger partial charge in [-0.25, -0.2) is 8.42 Å². The van der Waals surface area contributed by atoms with Gasteiger partial charge in [-0.3, -0.25) is 4.79 Å². The van der Waals surface area contributed by atoms with Gasteiger partial charge in [-0.15, -0.1) is 0 Å². The van der Waals surface area contributed by atoms with Crippen LogP contribution in [0.3, 0.4) is 0 Å². The molecule has 0 aliphatic rings. The number of nitrogens with one attached hydrogen (secondary N) is 2. The van der Waals surface area contributed by atoms with Gasteiger partial charge < -0.3 is 5.32 Å². The molecule has 0 saturated carbocycles. The molecule has 3 rings (SSSR count). The third-order valence-electron chi connectivity index (χ3n) is 3.87. The number of rotatable bonds is 5. The number of hydrogen-bond acceptors (Lipinski definition) is 3.